The molecule has 4 aliphatic rings. The number of anilines is 3. The summed E-state index contributed by atoms with van der Waals surface area (Å²) in [6.45, 7) is 5.80. The number of ether oxygens (including phenoxy) is 3. The Labute approximate surface area is 223 Å². The van der Waals surface area contributed by atoms with Gasteiger partial charge in [-0.25, -0.2) is 18.7 Å². The van der Waals surface area contributed by atoms with E-state index < -0.39 is 36.0 Å². The number of halogens is 2. The monoisotopic (exact) mass is 544 g/mol. The van der Waals surface area contributed by atoms with Crippen molar-refractivity contribution in [2.75, 3.05) is 36.1 Å². The lowest BCUT2D eigenvalue weighted by Gasteiger charge is -2.46. The highest BCUT2D eigenvalue weighted by molar-refractivity contribution is 6.07. The molecule has 3 atom stereocenters. The molecule has 1 saturated carbocycles. The molecule has 2 aromatic rings. The van der Waals surface area contributed by atoms with Crippen molar-refractivity contribution < 1.29 is 32.6 Å². The van der Waals surface area contributed by atoms with Gasteiger partial charge < -0.3 is 35.1 Å². The summed E-state index contributed by atoms with van der Waals surface area (Å²) in [5.41, 5.74) is 5.81. The molecule has 39 heavy (non-hydrogen) atoms. The summed E-state index contributed by atoms with van der Waals surface area (Å²) in [4.78, 5) is 38.4. The van der Waals surface area contributed by atoms with Crippen LogP contribution in [-0.2, 0) is 9.47 Å². The minimum Gasteiger partial charge on any atom is -0.491 e. The highest BCUT2D eigenvalue weighted by atomic mass is 19.3. The van der Waals surface area contributed by atoms with E-state index in [-0.39, 0.29) is 30.0 Å². The fraction of sp³-hybridized carbons (Fsp3) is 0.538. The van der Waals surface area contributed by atoms with E-state index in [1.807, 2.05) is 18.7 Å². The molecule has 0 spiro atoms. The van der Waals surface area contributed by atoms with Crippen molar-refractivity contribution in [3.63, 3.8) is 0 Å². The van der Waals surface area contributed by atoms with E-state index in [0.29, 0.717) is 36.2 Å². The smallest absolute Gasteiger partial charge is 0.271 e. The fourth-order valence-corrected chi connectivity index (χ4v) is 5.37. The number of aromatic nitrogens is 2. The summed E-state index contributed by atoms with van der Waals surface area (Å²) in [6.07, 6.45) is 2.70. The molecule has 0 aromatic carbocycles. The number of carbonyl (C=O) groups is 2. The first-order valence-electron chi connectivity index (χ1n) is 13.0. The third-order valence-corrected chi connectivity index (χ3v) is 7.39. The summed E-state index contributed by atoms with van der Waals surface area (Å²) < 4.78 is 44.4. The number of rotatable bonds is 7. The Hall–Kier alpha value is -3.58. The normalized spacial score (nSPS) is 26.1. The van der Waals surface area contributed by atoms with Crippen LogP contribution >= 0.6 is 0 Å². The van der Waals surface area contributed by atoms with Gasteiger partial charge in [0, 0.05) is 31.8 Å². The first-order valence-corrected chi connectivity index (χ1v) is 13.0. The maximum Gasteiger partial charge on any atom is 0.271 e. The number of piperidine rings is 1. The Bertz CT molecular complexity index is 1320. The van der Waals surface area contributed by atoms with Gasteiger partial charge in [-0.3, -0.25) is 9.59 Å². The van der Waals surface area contributed by atoms with Crippen molar-refractivity contribution in [3.8, 4) is 5.75 Å². The quantitative estimate of drug-likeness (QED) is 0.539. The van der Waals surface area contributed by atoms with Crippen molar-refractivity contribution in [1.82, 2.24) is 15.3 Å². The molecule has 11 nitrogen and oxygen atoms in total. The predicted octanol–water partition coefficient (Wildman–Crippen LogP) is 2.36. The number of hydrogen-bond acceptors (Lipinski definition) is 9. The van der Waals surface area contributed by atoms with Crippen LogP contribution in [0.15, 0.2) is 24.4 Å². The Balaban J connectivity index is 1.33. The molecule has 3 aliphatic heterocycles. The molecule has 3 fully saturated rings. The van der Waals surface area contributed by atoms with Gasteiger partial charge in [0.05, 0.1) is 29.9 Å². The predicted molar refractivity (Wildman–Crippen MR) is 136 cm³/mol. The summed E-state index contributed by atoms with van der Waals surface area (Å²) >= 11 is 0. The number of primary amides is 1. The highest BCUT2D eigenvalue weighted by Crippen LogP contribution is 2.44. The molecule has 0 radical (unpaired) electrons. The van der Waals surface area contributed by atoms with Crippen molar-refractivity contribution in [1.29, 1.82) is 0 Å². The average Bonchev–Trinajstić information content (AvgIpc) is 3.33. The summed E-state index contributed by atoms with van der Waals surface area (Å²) in [6, 6.07) is 3.73. The number of carbonyl (C=O) groups excluding carboxylic acids is 2. The lowest BCUT2D eigenvalue weighted by molar-refractivity contribution is -0.141. The zero-order valence-electron chi connectivity index (χ0n) is 21.7. The number of alkyl halides is 2. The summed E-state index contributed by atoms with van der Waals surface area (Å²) in [5.74, 6) is -3.84. The number of fused-ring (bicyclic) bond motifs is 4. The molecular formula is C26H30F2N6O5. The molecule has 1 unspecified atom stereocenters. The van der Waals surface area contributed by atoms with Crippen molar-refractivity contribution in [2.24, 2.45) is 5.73 Å². The largest absolute Gasteiger partial charge is 0.491 e. The average molecular weight is 545 g/mol. The fourth-order valence-electron chi connectivity index (χ4n) is 5.37. The van der Waals surface area contributed by atoms with Gasteiger partial charge in [-0.2, -0.15) is 0 Å². The molecule has 5 heterocycles. The van der Waals surface area contributed by atoms with Gasteiger partial charge in [0.25, 0.3) is 17.7 Å². The Morgan fingerprint density at radius 3 is 2.79 bits per heavy atom. The maximum absolute atomic E-state index is 13.5. The highest BCUT2D eigenvalue weighted by Gasteiger charge is 2.58. The van der Waals surface area contributed by atoms with Gasteiger partial charge in [-0.05, 0) is 38.8 Å². The number of nitrogens with zero attached hydrogens (tertiary/aromatic N) is 4. The minimum atomic E-state index is -2.97. The second-order valence-electron chi connectivity index (χ2n) is 10.8. The first-order chi connectivity index (χ1) is 18.5. The maximum atomic E-state index is 13.5. The Morgan fingerprint density at radius 1 is 1.31 bits per heavy atom. The summed E-state index contributed by atoms with van der Waals surface area (Å²) in [7, 11) is 0. The molecule has 208 valence electrons. The molecule has 6 rings (SSSR count). The molecule has 2 bridgehead atoms. The number of nitrogens with one attached hydrogen (secondary N) is 1. The van der Waals surface area contributed by atoms with Crippen molar-refractivity contribution >= 4 is 29.1 Å². The second-order valence-corrected chi connectivity index (χ2v) is 10.8. The van der Waals surface area contributed by atoms with Crippen LogP contribution in [0.1, 0.15) is 54.0 Å². The lowest BCUT2D eigenvalue weighted by atomic mass is 9.98. The van der Waals surface area contributed by atoms with E-state index in [1.165, 1.54) is 6.07 Å². The van der Waals surface area contributed by atoms with Gasteiger partial charge >= 0.3 is 0 Å². The van der Waals surface area contributed by atoms with Crippen LogP contribution in [0.3, 0.4) is 0 Å². The third kappa shape index (κ3) is 4.96. The standard InChI is InChI=1S/C26H30F2N6O5/c1-25(2)38-13-16(39-25)12-37-15-5-6-30-20(8-15)34-14-4-3-7-33(11-14)18-9-17(22(29)35)21(32-23(18)34)24(36)31-19-10-26(19,27)28/h5-6,8-9,14,16,19H,3-4,7,10-13H2,1-2H3,(H2,29,35)(H,31,36)/t14-,16-,19?/m0/s1. The van der Waals surface area contributed by atoms with Crippen molar-refractivity contribution in [3.05, 3.63) is 35.7 Å². The van der Waals surface area contributed by atoms with Crippen LogP contribution in [-0.4, -0.2) is 78.0 Å². The SMILES string of the molecule is CC1(C)OC[C@H](COc2ccnc(N3c4nc(C(=O)NC5CC5(F)F)c(C(N)=O)cc4N4CCC[C@H]3C4)c2)O1. The van der Waals surface area contributed by atoms with Crippen LogP contribution in [0.4, 0.5) is 26.1 Å². The van der Waals surface area contributed by atoms with E-state index in [1.54, 1.807) is 18.3 Å². The van der Waals surface area contributed by atoms with Gasteiger partial charge in [-0.15, -0.1) is 0 Å². The molecule has 2 saturated heterocycles. The van der Waals surface area contributed by atoms with Gasteiger partial charge in [-0.1, -0.05) is 0 Å². The molecular weight excluding hydrogens is 514 g/mol. The van der Waals surface area contributed by atoms with Crippen molar-refractivity contribution in [2.45, 2.75) is 63.0 Å². The minimum absolute atomic E-state index is 0.0167. The van der Waals surface area contributed by atoms with E-state index in [0.717, 1.165) is 19.4 Å². The number of amides is 2. The third-order valence-electron chi connectivity index (χ3n) is 7.39. The number of nitrogens with two attached hydrogens (primary N) is 1. The topological polar surface area (TPSA) is 132 Å². The van der Waals surface area contributed by atoms with Crippen LogP contribution in [0.25, 0.3) is 0 Å². The zero-order valence-corrected chi connectivity index (χ0v) is 21.7. The number of pyridine rings is 2. The second kappa shape index (κ2) is 9.26. The zero-order chi connectivity index (χ0) is 27.5. The summed E-state index contributed by atoms with van der Waals surface area (Å²) in [5, 5.41) is 2.28. The lowest BCUT2D eigenvalue weighted by Crippen LogP contribution is -2.51. The van der Waals surface area contributed by atoms with E-state index in [2.05, 4.69) is 20.2 Å². The molecule has 2 aromatic heterocycles. The first kappa shape index (κ1) is 25.7. The van der Waals surface area contributed by atoms with Gasteiger partial charge in [0.15, 0.2) is 11.6 Å². The molecule has 3 N–H and O–H groups in total. The van der Waals surface area contributed by atoms with Gasteiger partial charge in [0.2, 0.25) is 0 Å². The molecule has 13 heteroatoms. The van der Waals surface area contributed by atoms with Crippen LogP contribution in [0, 0.1) is 0 Å². The van der Waals surface area contributed by atoms with Gasteiger partial charge in [0.1, 0.15) is 30.0 Å². The van der Waals surface area contributed by atoms with Crippen LogP contribution < -0.4 is 25.6 Å². The van der Waals surface area contributed by atoms with Crippen LogP contribution in [0.5, 0.6) is 5.75 Å². The van der Waals surface area contributed by atoms with E-state index >= 15 is 0 Å². The van der Waals surface area contributed by atoms with E-state index in [9.17, 15) is 18.4 Å². The Kier molecular flexibility index (Phi) is 6.10. The molecule has 2 amide bonds. The van der Waals surface area contributed by atoms with Crippen LogP contribution in [0.2, 0.25) is 0 Å². The van der Waals surface area contributed by atoms with E-state index in [4.69, 9.17) is 19.9 Å². The Morgan fingerprint density at radius 2 is 2.10 bits per heavy atom. The number of hydrogen-bond donors (Lipinski definition) is 2. The molecule has 1 aliphatic carbocycles.